The summed E-state index contributed by atoms with van der Waals surface area (Å²) in [5, 5.41) is 12.3. The molecule has 1 saturated carbocycles. The van der Waals surface area contributed by atoms with E-state index in [4.69, 9.17) is 5.11 Å². The molecule has 17 heavy (non-hydrogen) atoms. The van der Waals surface area contributed by atoms with Crippen molar-refractivity contribution in [3.05, 3.63) is 29.3 Å². The molecule has 0 aromatic heterocycles. The number of carboxylic acids is 1. The van der Waals surface area contributed by atoms with Crippen LogP contribution in [0.2, 0.25) is 0 Å². The first-order valence-electron chi connectivity index (χ1n) is 6.37. The van der Waals surface area contributed by atoms with Crippen molar-refractivity contribution in [2.45, 2.75) is 31.6 Å². The Morgan fingerprint density at radius 2 is 2.06 bits per heavy atom. The third-order valence-corrected chi connectivity index (χ3v) is 4.18. The number of anilines is 1. The summed E-state index contributed by atoms with van der Waals surface area (Å²) in [4.78, 5) is 10.9. The molecular weight excluding hydrogens is 214 g/mol. The number of hydrogen-bond donors (Lipinski definition) is 2. The molecule has 1 aromatic rings. The van der Waals surface area contributed by atoms with Crippen LogP contribution in [-0.4, -0.2) is 17.6 Å². The monoisotopic (exact) mass is 231 g/mol. The maximum Gasteiger partial charge on any atom is 0.335 e. The van der Waals surface area contributed by atoms with Gasteiger partial charge in [-0.15, -0.1) is 0 Å². The fraction of sp³-hybridized carbons (Fsp3) is 0.500. The van der Waals surface area contributed by atoms with Gasteiger partial charge in [0.05, 0.1) is 5.56 Å². The lowest BCUT2D eigenvalue weighted by Crippen LogP contribution is -2.11. The van der Waals surface area contributed by atoms with E-state index in [2.05, 4.69) is 5.32 Å². The molecule has 1 aliphatic heterocycles. The molecule has 3 rings (SSSR count). The summed E-state index contributed by atoms with van der Waals surface area (Å²) in [7, 11) is 0. The molecular formula is C14H17NO2. The van der Waals surface area contributed by atoms with Crippen molar-refractivity contribution in [1.82, 2.24) is 0 Å². The van der Waals surface area contributed by atoms with Gasteiger partial charge in [-0.1, -0.05) is 18.9 Å². The van der Waals surface area contributed by atoms with Gasteiger partial charge in [0, 0.05) is 18.2 Å². The number of aromatic carboxylic acids is 1. The van der Waals surface area contributed by atoms with E-state index >= 15 is 0 Å². The first-order valence-corrected chi connectivity index (χ1v) is 6.37. The first-order chi connectivity index (χ1) is 8.25. The van der Waals surface area contributed by atoms with Crippen LogP contribution in [-0.2, 0) is 0 Å². The van der Waals surface area contributed by atoms with E-state index in [0.29, 0.717) is 11.5 Å². The molecule has 0 radical (unpaired) electrons. The van der Waals surface area contributed by atoms with E-state index in [1.54, 1.807) is 12.1 Å². The summed E-state index contributed by atoms with van der Waals surface area (Å²) in [5.41, 5.74) is 2.73. The third kappa shape index (κ3) is 1.79. The Balaban J connectivity index is 1.89. The van der Waals surface area contributed by atoms with Crippen LogP contribution in [0.15, 0.2) is 18.2 Å². The van der Waals surface area contributed by atoms with Gasteiger partial charge >= 0.3 is 5.97 Å². The number of carbonyl (C=O) groups is 1. The minimum atomic E-state index is -0.848. The predicted molar refractivity (Wildman–Crippen MR) is 66.6 cm³/mol. The molecule has 2 aliphatic rings. The average molecular weight is 231 g/mol. The van der Waals surface area contributed by atoms with Gasteiger partial charge in [0.15, 0.2) is 0 Å². The van der Waals surface area contributed by atoms with Gasteiger partial charge in [0.2, 0.25) is 0 Å². The van der Waals surface area contributed by atoms with Gasteiger partial charge in [0.25, 0.3) is 0 Å². The Hall–Kier alpha value is -1.51. The summed E-state index contributed by atoms with van der Waals surface area (Å²) in [6.45, 7) is 0.975. The molecule has 0 amide bonds. The first kappa shape index (κ1) is 10.6. The summed E-state index contributed by atoms with van der Waals surface area (Å²) < 4.78 is 0. The van der Waals surface area contributed by atoms with Crippen LogP contribution < -0.4 is 5.32 Å². The summed E-state index contributed by atoms with van der Waals surface area (Å²) in [5.74, 6) is 0.536. The van der Waals surface area contributed by atoms with Crippen LogP contribution in [0.25, 0.3) is 0 Å². The van der Waals surface area contributed by atoms with Gasteiger partial charge < -0.3 is 10.4 Å². The van der Waals surface area contributed by atoms with Crippen molar-refractivity contribution in [3.8, 4) is 0 Å². The van der Waals surface area contributed by atoms with Crippen LogP contribution in [0.1, 0.15) is 47.5 Å². The second kappa shape index (κ2) is 4.06. The van der Waals surface area contributed by atoms with Crippen LogP contribution in [0.4, 0.5) is 5.69 Å². The van der Waals surface area contributed by atoms with Gasteiger partial charge in [-0.2, -0.15) is 0 Å². The van der Waals surface area contributed by atoms with Gasteiger partial charge in [-0.3, -0.25) is 0 Å². The molecule has 1 fully saturated rings. The molecule has 3 nitrogen and oxygen atoms in total. The maximum absolute atomic E-state index is 10.9. The number of rotatable bonds is 2. The third-order valence-electron chi connectivity index (χ3n) is 4.18. The van der Waals surface area contributed by atoms with E-state index in [9.17, 15) is 4.79 Å². The maximum atomic E-state index is 10.9. The summed E-state index contributed by atoms with van der Waals surface area (Å²) >= 11 is 0. The van der Waals surface area contributed by atoms with E-state index in [-0.39, 0.29) is 0 Å². The second-order valence-corrected chi connectivity index (χ2v) is 5.14. The highest BCUT2D eigenvalue weighted by Crippen LogP contribution is 2.43. The molecule has 90 valence electrons. The Bertz CT molecular complexity index is 450. The fourth-order valence-electron chi connectivity index (χ4n) is 3.28. The van der Waals surface area contributed by atoms with Crippen LogP contribution in [0, 0.1) is 5.92 Å². The summed E-state index contributed by atoms with van der Waals surface area (Å²) in [6.07, 6.45) is 5.35. The Morgan fingerprint density at radius 1 is 1.29 bits per heavy atom. The lowest BCUT2D eigenvalue weighted by molar-refractivity contribution is 0.0697. The van der Waals surface area contributed by atoms with Crippen molar-refractivity contribution in [3.63, 3.8) is 0 Å². The quantitative estimate of drug-likeness (QED) is 0.822. The molecule has 3 heteroatoms. The lowest BCUT2D eigenvalue weighted by atomic mass is 9.86. The molecule has 2 N–H and O–H groups in total. The molecule has 1 unspecified atom stereocenters. The van der Waals surface area contributed by atoms with E-state index in [0.717, 1.165) is 18.2 Å². The Kier molecular flexibility index (Phi) is 2.54. The van der Waals surface area contributed by atoms with Gasteiger partial charge in [-0.25, -0.2) is 4.79 Å². The second-order valence-electron chi connectivity index (χ2n) is 5.14. The zero-order valence-corrected chi connectivity index (χ0v) is 9.78. The molecule has 0 bridgehead atoms. The lowest BCUT2D eigenvalue weighted by Gasteiger charge is -2.17. The van der Waals surface area contributed by atoms with Crippen molar-refractivity contribution >= 4 is 11.7 Å². The molecule has 0 spiro atoms. The van der Waals surface area contributed by atoms with E-state index < -0.39 is 5.97 Å². The van der Waals surface area contributed by atoms with Gasteiger partial charge in [0.1, 0.15) is 0 Å². The minimum absolute atomic E-state index is 0.378. The molecule has 1 aromatic carbocycles. The number of benzene rings is 1. The predicted octanol–water partition coefficient (Wildman–Crippen LogP) is 3.08. The fourth-order valence-corrected chi connectivity index (χ4v) is 3.28. The van der Waals surface area contributed by atoms with E-state index in [1.165, 1.54) is 31.2 Å². The number of nitrogens with one attached hydrogen (secondary N) is 1. The van der Waals surface area contributed by atoms with Crippen molar-refractivity contribution in [2.24, 2.45) is 5.92 Å². The van der Waals surface area contributed by atoms with Crippen molar-refractivity contribution < 1.29 is 9.90 Å². The number of hydrogen-bond acceptors (Lipinski definition) is 2. The zero-order chi connectivity index (χ0) is 11.8. The van der Waals surface area contributed by atoms with Gasteiger partial charge in [-0.05, 0) is 36.5 Å². The smallest absolute Gasteiger partial charge is 0.335 e. The Labute approximate surface area is 101 Å². The minimum Gasteiger partial charge on any atom is -0.478 e. The highest BCUT2D eigenvalue weighted by Gasteiger charge is 2.31. The molecule has 0 saturated heterocycles. The SMILES string of the molecule is O=C(O)c1ccc2c(c1)NCC2C1CCCC1. The van der Waals surface area contributed by atoms with E-state index in [1.807, 2.05) is 6.07 Å². The van der Waals surface area contributed by atoms with Crippen LogP contribution >= 0.6 is 0 Å². The van der Waals surface area contributed by atoms with Crippen LogP contribution in [0.3, 0.4) is 0 Å². The van der Waals surface area contributed by atoms with Crippen LogP contribution in [0.5, 0.6) is 0 Å². The normalized spacial score (nSPS) is 23.4. The summed E-state index contributed by atoms with van der Waals surface area (Å²) in [6, 6.07) is 5.50. The highest BCUT2D eigenvalue weighted by atomic mass is 16.4. The standard InChI is InChI=1S/C14H17NO2/c16-14(17)10-5-6-11-12(8-15-13(11)7-10)9-3-1-2-4-9/h5-7,9,12,15H,1-4,8H2,(H,16,17). The molecule has 1 atom stereocenters. The zero-order valence-electron chi connectivity index (χ0n) is 9.78. The Morgan fingerprint density at radius 3 is 2.76 bits per heavy atom. The van der Waals surface area contributed by atoms with Crippen molar-refractivity contribution in [1.29, 1.82) is 0 Å². The topological polar surface area (TPSA) is 49.3 Å². The molecule has 1 aliphatic carbocycles. The van der Waals surface area contributed by atoms with Crippen molar-refractivity contribution in [2.75, 3.05) is 11.9 Å². The highest BCUT2D eigenvalue weighted by molar-refractivity contribution is 5.89. The largest absolute Gasteiger partial charge is 0.478 e. The number of fused-ring (bicyclic) bond motifs is 1. The average Bonchev–Trinajstić information content (AvgIpc) is 2.96. The number of carboxylic acid groups (broad SMARTS) is 1. The molecule has 1 heterocycles.